The molecule has 0 spiro atoms. The van der Waals surface area contributed by atoms with E-state index >= 15 is 0 Å². The zero-order valence-electron chi connectivity index (χ0n) is 7.43. The van der Waals surface area contributed by atoms with Gasteiger partial charge in [-0.05, 0) is 11.4 Å². The topological polar surface area (TPSA) is 66.4 Å². The number of thiophene rings is 1. The third-order valence-electron chi connectivity index (χ3n) is 1.53. The van der Waals surface area contributed by atoms with Crippen molar-refractivity contribution in [3.63, 3.8) is 0 Å². The number of halogens is 2. The number of hydrogen-bond donors (Lipinski definition) is 2. The van der Waals surface area contributed by atoms with E-state index in [0.717, 1.165) is 11.3 Å². The summed E-state index contributed by atoms with van der Waals surface area (Å²) in [6, 6.07) is 2.88. The van der Waals surface area contributed by atoms with E-state index in [2.05, 4.69) is 0 Å². The molecule has 1 heterocycles. The van der Waals surface area contributed by atoms with Gasteiger partial charge in [-0.3, -0.25) is 0 Å². The summed E-state index contributed by atoms with van der Waals surface area (Å²) in [7, 11) is -3.77. The van der Waals surface area contributed by atoms with Crippen LogP contribution in [0.5, 0.6) is 0 Å². The Hall–Kier alpha value is -0.570. The first-order valence-corrected chi connectivity index (χ1v) is 6.29. The third kappa shape index (κ3) is 3.49. The quantitative estimate of drug-likeness (QED) is 0.814. The first-order chi connectivity index (χ1) is 6.93. The van der Waals surface area contributed by atoms with E-state index in [1.165, 1.54) is 12.1 Å². The third-order valence-corrected chi connectivity index (χ3v) is 4.35. The van der Waals surface area contributed by atoms with Gasteiger partial charge in [-0.25, -0.2) is 21.9 Å². The van der Waals surface area contributed by atoms with Gasteiger partial charge in [-0.1, -0.05) is 6.07 Å². The Labute approximate surface area is 89.6 Å². The molecule has 15 heavy (non-hydrogen) atoms. The van der Waals surface area contributed by atoms with Crippen LogP contribution in [0, 0.1) is 0 Å². The molecule has 0 aliphatic heterocycles. The Morgan fingerprint density at radius 1 is 1.53 bits per heavy atom. The zero-order chi connectivity index (χ0) is 11.5. The molecule has 1 unspecified atom stereocenters. The molecule has 0 radical (unpaired) electrons. The highest BCUT2D eigenvalue weighted by Gasteiger charge is 2.21. The van der Waals surface area contributed by atoms with Gasteiger partial charge < -0.3 is 5.11 Å². The monoisotopic (exact) mass is 257 g/mol. The van der Waals surface area contributed by atoms with Crippen molar-refractivity contribution in [2.45, 2.75) is 16.7 Å². The lowest BCUT2D eigenvalue weighted by Gasteiger charge is -2.09. The lowest BCUT2D eigenvalue weighted by molar-refractivity contribution is -0.000445. The highest BCUT2D eigenvalue weighted by molar-refractivity contribution is 7.91. The van der Waals surface area contributed by atoms with Gasteiger partial charge in [0.05, 0.1) is 0 Å². The number of aliphatic hydroxyl groups excluding tert-OH is 1. The van der Waals surface area contributed by atoms with Crippen molar-refractivity contribution in [1.82, 2.24) is 4.72 Å². The molecule has 4 nitrogen and oxygen atoms in total. The molecule has 0 amide bonds. The van der Waals surface area contributed by atoms with Crippen LogP contribution >= 0.6 is 11.3 Å². The molecular formula is C7H9F2NO3S2. The van der Waals surface area contributed by atoms with Gasteiger partial charge >= 0.3 is 0 Å². The van der Waals surface area contributed by atoms with E-state index < -0.39 is 29.1 Å². The summed E-state index contributed by atoms with van der Waals surface area (Å²) in [5, 5.41) is 10.3. The normalized spacial score (nSPS) is 14.4. The van der Waals surface area contributed by atoms with Gasteiger partial charge in [0.1, 0.15) is 10.3 Å². The average molecular weight is 257 g/mol. The second-order valence-electron chi connectivity index (χ2n) is 2.69. The molecule has 0 aromatic carbocycles. The van der Waals surface area contributed by atoms with Crippen molar-refractivity contribution < 1.29 is 22.3 Å². The van der Waals surface area contributed by atoms with Gasteiger partial charge in [0.15, 0.2) is 0 Å². The van der Waals surface area contributed by atoms with Gasteiger partial charge in [0, 0.05) is 6.54 Å². The molecule has 86 valence electrons. The first kappa shape index (κ1) is 12.5. The fourth-order valence-electron chi connectivity index (χ4n) is 0.772. The summed E-state index contributed by atoms with van der Waals surface area (Å²) in [6.45, 7) is -0.697. The number of sulfonamides is 1. The molecular weight excluding hydrogens is 248 g/mol. The largest absolute Gasteiger partial charge is 0.386 e. The van der Waals surface area contributed by atoms with Crippen LogP contribution in [0.4, 0.5) is 8.78 Å². The summed E-state index contributed by atoms with van der Waals surface area (Å²) in [4.78, 5) is 0. The van der Waals surface area contributed by atoms with Crippen LogP contribution in [0.1, 0.15) is 0 Å². The van der Waals surface area contributed by atoms with E-state index in [4.69, 9.17) is 5.11 Å². The van der Waals surface area contributed by atoms with Crippen molar-refractivity contribution in [1.29, 1.82) is 0 Å². The molecule has 1 atom stereocenters. The van der Waals surface area contributed by atoms with Crippen molar-refractivity contribution >= 4 is 21.4 Å². The van der Waals surface area contributed by atoms with Crippen molar-refractivity contribution in [2.75, 3.05) is 6.54 Å². The van der Waals surface area contributed by atoms with Crippen LogP contribution in [-0.2, 0) is 10.0 Å². The molecule has 1 rings (SSSR count). The van der Waals surface area contributed by atoms with Gasteiger partial charge in [-0.15, -0.1) is 11.3 Å². The number of alkyl halides is 2. The SMILES string of the molecule is O=S(=O)(NCC(O)C(F)F)c1cccs1. The molecule has 1 aromatic rings. The highest BCUT2D eigenvalue weighted by atomic mass is 32.2. The summed E-state index contributed by atoms with van der Waals surface area (Å²) in [5.41, 5.74) is 0. The Morgan fingerprint density at radius 3 is 2.67 bits per heavy atom. The summed E-state index contributed by atoms with van der Waals surface area (Å²) < 4.78 is 48.4. The minimum Gasteiger partial charge on any atom is -0.386 e. The summed E-state index contributed by atoms with van der Waals surface area (Å²) >= 11 is 0.970. The lowest BCUT2D eigenvalue weighted by Crippen LogP contribution is -2.35. The molecule has 8 heteroatoms. The second-order valence-corrected chi connectivity index (χ2v) is 5.63. The molecule has 1 aromatic heterocycles. The van der Waals surface area contributed by atoms with Crippen LogP contribution in [0.3, 0.4) is 0 Å². The average Bonchev–Trinajstić information content (AvgIpc) is 2.67. The number of hydrogen-bond acceptors (Lipinski definition) is 4. The van der Waals surface area contributed by atoms with Gasteiger partial charge in [0.25, 0.3) is 6.43 Å². The predicted molar refractivity (Wildman–Crippen MR) is 51.5 cm³/mol. The molecule has 0 bridgehead atoms. The minimum atomic E-state index is -3.77. The molecule has 0 fully saturated rings. The number of aliphatic hydroxyl groups is 1. The van der Waals surface area contributed by atoms with Gasteiger partial charge in [-0.2, -0.15) is 0 Å². The smallest absolute Gasteiger partial charge is 0.265 e. The Bertz CT molecular complexity index is 390. The highest BCUT2D eigenvalue weighted by Crippen LogP contribution is 2.15. The fourth-order valence-corrected chi connectivity index (χ4v) is 2.86. The molecule has 2 N–H and O–H groups in total. The van der Waals surface area contributed by atoms with E-state index in [-0.39, 0.29) is 4.21 Å². The van der Waals surface area contributed by atoms with E-state index in [1.807, 2.05) is 4.72 Å². The van der Waals surface area contributed by atoms with Crippen LogP contribution in [0.2, 0.25) is 0 Å². The fraction of sp³-hybridized carbons (Fsp3) is 0.429. The Morgan fingerprint density at radius 2 is 2.20 bits per heavy atom. The lowest BCUT2D eigenvalue weighted by atomic mass is 10.4. The Kier molecular flexibility index (Phi) is 4.14. The summed E-state index contributed by atoms with van der Waals surface area (Å²) in [5.74, 6) is 0. The number of rotatable bonds is 5. The standard InChI is InChI=1S/C7H9F2NO3S2/c8-7(9)5(11)4-10-15(12,13)6-2-1-3-14-6/h1-3,5,7,10-11H,4H2. The molecule has 0 aliphatic rings. The van der Waals surface area contributed by atoms with E-state index in [1.54, 1.807) is 5.38 Å². The maximum atomic E-state index is 11.9. The van der Waals surface area contributed by atoms with Crippen molar-refractivity contribution in [2.24, 2.45) is 0 Å². The van der Waals surface area contributed by atoms with Crippen LogP contribution in [0.25, 0.3) is 0 Å². The zero-order valence-corrected chi connectivity index (χ0v) is 9.06. The van der Waals surface area contributed by atoms with E-state index in [0.29, 0.717) is 0 Å². The molecule has 0 saturated heterocycles. The number of nitrogens with one attached hydrogen (secondary N) is 1. The second kappa shape index (κ2) is 4.97. The van der Waals surface area contributed by atoms with Gasteiger partial charge in [0.2, 0.25) is 10.0 Å². The predicted octanol–water partition coefficient (Wildman–Crippen LogP) is 0.652. The van der Waals surface area contributed by atoms with Crippen LogP contribution in [0.15, 0.2) is 21.7 Å². The van der Waals surface area contributed by atoms with Crippen molar-refractivity contribution in [3.8, 4) is 0 Å². The van der Waals surface area contributed by atoms with Crippen LogP contribution in [-0.4, -0.2) is 32.6 Å². The molecule has 0 saturated carbocycles. The maximum absolute atomic E-state index is 11.9. The minimum absolute atomic E-state index is 0.0315. The molecule has 0 aliphatic carbocycles. The van der Waals surface area contributed by atoms with Crippen molar-refractivity contribution in [3.05, 3.63) is 17.5 Å². The van der Waals surface area contributed by atoms with Crippen LogP contribution < -0.4 is 4.72 Å². The first-order valence-electron chi connectivity index (χ1n) is 3.93. The summed E-state index contributed by atoms with van der Waals surface area (Å²) in [6.07, 6.45) is -4.95. The Balaban J connectivity index is 2.59. The maximum Gasteiger partial charge on any atom is 0.265 e. The van der Waals surface area contributed by atoms with E-state index in [9.17, 15) is 17.2 Å².